The minimum atomic E-state index is -4.17. The molecule has 1 unspecified atom stereocenters. The van der Waals surface area contributed by atoms with Crippen LogP contribution in [0.25, 0.3) is 11.4 Å². The Morgan fingerprint density at radius 3 is 2.63 bits per heavy atom. The third-order valence-corrected chi connectivity index (χ3v) is 8.04. The van der Waals surface area contributed by atoms with Crippen LogP contribution in [0, 0.1) is 12.7 Å². The first-order valence-corrected chi connectivity index (χ1v) is 13.1. The summed E-state index contributed by atoms with van der Waals surface area (Å²) in [7, 11) is -4.17. The Morgan fingerprint density at radius 2 is 1.97 bits per heavy atom. The van der Waals surface area contributed by atoms with Gasteiger partial charge in [-0.15, -0.1) is 0 Å². The smallest absolute Gasteiger partial charge is 0.322 e. The predicted molar refractivity (Wildman–Crippen MR) is 127 cm³/mol. The first-order valence-electron chi connectivity index (χ1n) is 11.3. The molecule has 1 saturated carbocycles. The lowest BCUT2D eigenvalue weighted by Gasteiger charge is -2.17. The summed E-state index contributed by atoms with van der Waals surface area (Å²) in [6.45, 7) is 1.72. The molecule has 11 heteroatoms. The van der Waals surface area contributed by atoms with Crippen molar-refractivity contribution >= 4 is 27.6 Å². The van der Waals surface area contributed by atoms with Crippen LogP contribution in [-0.4, -0.2) is 35.7 Å². The highest BCUT2D eigenvalue weighted by Crippen LogP contribution is 2.33. The number of aryl methyl sites for hydroxylation is 1. The summed E-state index contributed by atoms with van der Waals surface area (Å²) in [5.41, 5.74) is 1.10. The van der Waals surface area contributed by atoms with Gasteiger partial charge in [0, 0.05) is 10.9 Å². The zero-order chi connectivity index (χ0) is 25.2. The van der Waals surface area contributed by atoms with Crippen molar-refractivity contribution in [3.63, 3.8) is 0 Å². The number of benzene rings is 2. The van der Waals surface area contributed by atoms with Crippen LogP contribution in [0.3, 0.4) is 0 Å². The van der Waals surface area contributed by atoms with Crippen LogP contribution in [0.15, 0.2) is 45.8 Å². The van der Waals surface area contributed by atoms with Crippen LogP contribution < -0.4 is 4.72 Å². The van der Waals surface area contributed by atoms with E-state index in [4.69, 9.17) is 16.1 Å². The maximum absolute atomic E-state index is 14.9. The Labute approximate surface area is 207 Å². The van der Waals surface area contributed by atoms with Gasteiger partial charge in [0.15, 0.2) is 0 Å². The number of nitrogens with one attached hydrogen (secondary N) is 1. The Hall–Kier alpha value is -2.82. The lowest BCUT2D eigenvalue weighted by atomic mass is 9.89. The molecule has 1 atom stereocenters. The van der Waals surface area contributed by atoms with Crippen molar-refractivity contribution in [3.05, 3.63) is 64.3 Å². The highest BCUT2D eigenvalue weighted by Gasteiger charge is 2.27. The molecule has 0 bridgehead atoms. The van der Waals surface area contributed by atoms with Gasteiger partial charge in [-0.3, -0.25) is 4.79 Å². The number of carboxylic acids is 1. The molecule has 1 aliphatic rings. The Balaban J connectivity index is 1.50. The van der Waals surface area contributed by atoms with Crippen LogP contribution >= 0.6 is 11.6 Å². The SMILES string of the molecule is Cc1ccc(S(=O)(=O)NC(Cc2ccc(-c3noc(C4CCCCC4)n3)c(F)c2)C(=O)O)cc1Cl. The molecule has 2 aromatic carbocycles. The van der Waals surface area contributed by atoms with Crippen LogP contribution in [-0.2, 0) is 21.2 Å². The number of hydrogen-bond donors (Lipinski definition) is 2. The fourth-order valence-corrected chi connectivity index (χ4v) is 5.60. The molecule has 4 rings (SSSR count). The van der Waals surface area contributed by atoms with Crippen LogP contribution in [0.2, 0.25) is 5.02 Å². The zero-order valence-corrected chi connectivity index (χ0v) is 20.6. The van der Waals surface area contributed by atoms with E-state index in [9.17, 15) is 22.7 Å². The summed E-state index contributed by atoms with van der Waals surface area (Å²) in [6.07, 6.45) is 5.02. The molecule has 0 spiro atoms. The van der Waals surface area contributed by atoms with E-state index in [0.717, 1.165) is 31.7 Å². The van der Waals surface area contributed by atoms with Crippen molar-refractivity contribution in [3.8, 4) is 11.4 Å². The molecular formula is C24H25ClFN3O5S. The lowest BCUT2D eigenvalue weighted by Crippen LogP contribution is -2.42. The van der Waals surface area contributed by atoms with Gasteiger partial charge in [-0.05, 0) is 61.6 Å². The summed E-state index contributed by atoms with van der Waals surface area (Å²) in [5.74, 6) is -1.25. The second-order valence-electron chi connectivity index (χ2n) is 8.73. The maximum atomic E-state index is 14.9. The molecular weight excluding hydrogens is 497 g/mol. The third-order valence-electron chi connectivity index (χ3n) is 6.16. The Morgan fingerprint density at radius 1 is 1.23 bits per heavy atom. The summed E-state index contributed by atoms with van der Waals surface area (Å²) in [4.78, 5) is 16.0. The second-order valence-corrected chi connectivity index (χ2v) is 10.9. The van der Waals surface area contributed by atoms with E-state index in [1.165, 1.54) is 36.8 Å². The molecule has 35 heavy (non-hydrogen) atoms. The largest absolute Gasteiger partial charge is 0.480 e. The van der Waals surface area contributed by atoms with E-state index < -0.39 is 27.9 Å². The molecule has 1 aliphatic carbocycles. The van der Waals surface area contributed by atoms with Gasteiger partial charge in [-0.25, -0.2) is 12.8 Å². The maximum Gasteiger partial charge on any atom is 0.322 e. The molecule has 0 aliphatic heterocycles. The minimum Gasteiger partial charge on any atom is -0.480 e. The van der Waals surface area contributed by atoms with Gasteiger partial charge in [-0.2, -0.15) is 9.71 Å². The van der Waals surface area contributed by atoms with Gasteiger partial charge < -0.3 is 9.63 Å². The molecule has 0 saturated heterocycles. The van der Waals surface area contributed by atoms with Crippen LogP contribution in [0.1, 0.15) is 55.0 Å². The molecule has 0 radical (unpaired) electrons. The normalized spacial score (nSPS) is 15.7. The van der Waals surface area contributed by atoms with Crippen molar-refractivity contribution in [2.24, 2.45) is 0 Å². The zero-order valence-electron chi connectivity index (χ0n) is 19.0. The number of rotatable bonds is 8. The first kappa shape index (κ1) is 25.3. The second kappa shape index (κ2) is 10.4. The number of halogens is 2. The molecule has 3 aromatic rings. The molecule has 186 valence electrons. The average molecular weight is 522 g/mol. The highest BCUT2D eigenvalue weighted by molar-refractivity contribution is 7.89. The van der Waals surface area contributed by atoms with Gasteiger partial charge in [-0.1, -0.05) is 48.2 Å². The van der Waals surface area contributed by atoms with E-state index in [1.54, 1.807) is 6.92 Å². The molecule has 1 heterocycles. The van der Waals surface area contributed by atoms with Gasteiger partial charge in [0.1, 0.15) is 11.9 Å². The van der Waals surface area contributed by atoms with Crippen molar-refractivity contribution in [1.29, 1.82) is 0 Å². The van der Waals surface area contributed by atoms with Gasteiger partial charge in [0.2, 0.25) is 21.7 Å². The summed E-state index contributed by atoms with van der Waals surface area (Å²) in [5, 5.41) is 13.7. The Bertz CT molecular complexity index is 1340. The molecule has 0 amide bonds. The van der Waals surface area contributed by atoms with Gasteiger partial charge in [0.25, 0.3) is 0 Å². The van der Waals surface area contributed by atoms with E-state index in [0.29, 0.717) is 17.0 Å². The average Bonchev–Trinajstić information content (AvgIpc) is 3.31. The van der Waals surface area contributed by atoms with Crippen molar-refractivity contribution in [2.75, 3.05) is 0 Å². The standard InChI is InChI=1S/C24H25ClFN3O5S/c1-14-7-9-17(13-19(14)25)35(32,33)29-21(24(30)31)12-15-8-10-18(20(26)11-15)22-27-23(34-28-22)16-5-3-2-4-6-16/h7-11,13,16,21,29H,2-6,12H2,1H3,(H,30,31). The predicted octanol–water partition coefficient (Wildman–Crippen LogP) is 4.86. The van der Waals surface area contributed by atoms with Crippen molar-refractivity contribution < 1.29 is 27.2 Å². The fourth-order valence-electron chi connectivity index (χ4n) is 4.14. The molecule has 1 aromatic heterocycles. The van der Waals surface area contributed by atoms with Crippen molar-refractivity contribution in [1.82, 2.24) is 14.9 Å². The number of sulfonamides is 1. The number of carboxylic acid groups (broad SMARTS) is 1. The highest BCUT2D eigenvalue weighted by atomic mass is 35.5. The minimum absolute atomic E-state index is 0.126. The van der Waals surface area contributed by atoms with E-state index in [-0.39, 0.29) is 33.6 Å². The summed E-state index contributed by atoms with van der Waals surface area (Å²) in [6, 6.07) is 6.70. The topological polar surface area (TPSA) is 122 Å². The lowest BCUT2D eigenvalue weighted by molar-refractivity contribution is -0.138. The summed E-state index contributed by atoms with van der Waals surface area (Å²) >= 11 is 6.01. The van der Waals surface area contributed by atoms with Gasteiger partial charge in [0.05, 0.1) is 10.5 Å². The van der Waals surface area contributed by atoms with E-state index in [1.807, 2.05) is 0 Å². The van der Waals surface area contributed by atoms with E-state index >= 15 is 0 Å². The summed E-state index contributed by atoms with van der Waals surface area (Å²) < 4.78 is 47.8. The molecule has 2 N–H and O–H groups in total. The number of aromatic nitrogens is 2. The van der Waals surface area contributed by atoms with Crippen LogP contribution in [0.4, 0.5) is 4.39 Å². The van der Waals surface area contributed by atoms with Gasteiger partial charge >= 0.3 is 5.97 Å². The number of aliphatic carboxylic acids is 1. The molecule has 1 fully saturated rings. The van der Waals surface area contributed by atoms with Crippen molar-refractivity contribution in [2.45, 2.75) is 62.3 Å². The number of carbonyl (C=O) groups is 1. The number of hydrogen-bond acceptors (Lipinski definition) is 6. The Kier molecular flexibility index (Phi) is 7.53. The third kappa shape index (κ3) is 5.88. The fraction of sp³-hybridized carbons (Fsp3) is 0.375. The van der Waals surface area contributed by atoms with E-state index in [2.05, 4.69) is 14.9 Å². The number of nitrogens with zero attached hydrogens (tertiary/aromatic N) is 2. The first-order chi connectivity index (χ1) is 16.6. The molecule has 8 nitrogen and oxygen atoms in total. The quantitative estimate of drug-likeness (QED) is 0.434. The van der Waals surface area contributed by atoms with Crippen LogP contribution in [0.5, 0.6) is 0 Å². The monoisotopic (exact) mass is 521 g/mol.